The van der Waals surface area contributed by atoms with Crippen LogP contribution in [0.2, 0.25) is 0 Å². The van der Waals surface area contributed by atoms with Gasteiger partial charge in [0.25, 0.3) is 0 Å². The summed E-state index contributed by atoms with van der Waals surface area (Å²) in [6.07, 6.45) is 0. The Morgan fingerprint density at radius 2 is 1.52 bits per heavy atom. The van der Waals surface area contributed by atoms with Crippen LogP contribution in [0.1, 0.15) is 10.4 Å². The molecule has 0 saturated heterocycles. The van der Waals surface area contributed by atoms with Gasteiger partial charge in [-0.05, 0) is 35.4 Å². The highest BCUT2D eigenvalue weighted by Crippen LogP contribution is 2.41. The minimum atomic E-state index is -0.968. The first-order valence-corrected chi connectivity index (χ1v) is 6.24. The fourth-order valence-corrected chi connectivity index (χ4v) is 2.08. The Morgan fingerprint density at radius 3 is 2.00 bits per heavy atom. The van der Waals surface area contributed by atoms with Crippen LogP contribution in [0.4, 0.5) is 0 Å². The average molecular weight is 288 g/mol. The molecule has 0 aromatic heterocycles. The smallest absolute Gasteiger partial charge is 0.335 e. The van der Waals surface area contributed by atoms with Gasteiger partial charge in [-0.1, -0.05) is 12.1 Å². The summed E-state index contributed by atoms with van der Waals surface area (Å²) in [5, 5.41) is 9.07. The first-order chi connectivity index (χ1) is 10.1. The van der Waals surface area contributed by atoms with Crippen molar-refractivity contribution in [3.05, 3.63) is 42.0 Å². The summed E-state index contributed by atoms with van der Waals surface area (Å²) in [5.74, 6) is 0.572. The molecule has 21 heavy (non-hydrogen) atoms. The molecule has 2 aromatic carbocycles. The summed E-state index contributed by atoms with van der Waals surface area (Å²) in [6, 6.07) is 10.2. The van der Waals surface area contributed by atoms with Crippen LogP contribution in [-0.4, -0.2) is 32.4 Å². The number of carboxylic acids is 1. The lowest BCUT2D eigenvalue weighted by molar-refractivity contribution is 0.0697. The third-order valence-electron chi connectivity index (χ3n) is 3.11. The number of hydrogen-bond donors (Lipinski definition) is 1. The molecule has 110 valence electrons. The maximum Gasteiger partial charge on any atom is 0.335 e. The average Bonchev–Trinajstić information content (AvgIpc) is 2.53. The van der Waals surface area contributed by atoms with Gasteiger partial charge < -0.3 is 19.3 Å². The van der Waals surface area contributed by atoms with Crippen molar-refractivity contribution in [3.63, 3.8) is 0 Å². The number of carboxylic acid groups (broad SMARTS) is 1. The maximum atomic E-state index is 11.1. The molecule has 0 atom stereocenters. The van der Waals surface area contributed by atoms with Gasteiger partial charge in [0.2, 0.25) is 5.75 Å². The van der Waals surface area contributed by atoms with Crippen molar-refractivity contribution in [3.8, 4) is 28.4 Å². The highest BCUT2D eigenvalue weighted by Gasteiger charge is 2.14. The number of carbonyl (C=O) groups is 1. The standard InChI is InChI=1S/C16H16O5/c1-19-13-8-12(9-14(20-2)15(13)21-3)10-5-4-6-11(7-10)16(17)18/h4-9H,1-3H3,(H,17,18). The second-order valence-electron chi connectivity index (χ2n) is 4.30. The van der Waals surface area contributed by atoms with Crippen LogP contribution in [0.5, 0.6) is 17.2 Å². The summed E-state index contributed by atoms with van der Waals surface area (Å²) in [5.41, 5.74) is 1.77. The number of methoxy groups -OCH3 is 3. The lowest BCUT2D eigenvalue weighted by Gasteiger charge is -2.14. The van der Waals surface area contributed by atoms with Crippen LogP contribution in [0.15, 0.2) is 36.4 Å². The molecule has 2 aromatic rings. The number of aromatic carboxylic acids is 1. The second kappa shape index (κ2) is 6.17. The highest BCUT2D eigenvalue weighted by atomic mass is 16.5. The summed E-state index contributed by atoms with van der Waals surface area (Å²) in [6.45, 7) is 0. The Labute approximate surface area is 122 Å². The summed E-state index contributed by atoms with van der Waals surface area (Å²) in [4.78, 5) is 11.1. The van der Waals surface area contributed by atoms with Gasteiger partial charge in [0.15, 0.2) is 11.5 Å². The van der Waals surface area contributed by atoms with Gasteiger partial charge in [0.1, 0.15) is 0 Å². The third kappa shape index (κ3) is 2.91. The molecule has 0 fully saturated rings. The number of hydrogen-bond acceptors (Lipinski definition) is 4. The molecule has 5 heteroatoms. The SMILES string of the molecule is COc1cc(-c2cccc(C(=O)O)c2)cc(OC)c1OC. The van der Waals surface area contributed by atoms with Crippen molar-refractivity contribution in [2.75, 3.05) is 21.3 Å². The molecule has 1 N–H and O–H groups in total. The topological polar surface area (TPSA) is 65.0 Å². The largest absolute Gasteiger partial charge is 0.493 e. The van der Waals surface area contributed by atoms with E-state index < -0.39 is 5.97 Å². The van der Waals surface area contributed by atoms with Crippen molar-refractivity contribution in [2.45, 2.75) is 0 Å². The molecule has 2 rings (SSSR count). The van der Waals surface area contributed by atoms with Crippen molar-refractivity contribution < 1.29 is 24.1 Å². The van der Waals surface area contributed by atoms with Gasteiger partial charge in [0, 0.05) is 0 Å². The van der Waals surface area contributed by atoms with E-state index >= 15 is 0 Å². The van der Waals surface area contributed by atoms with E-state index in [-0.39, 0.29) is 5.56 Å². The Balaban J connectivity index is 2.58. The first-order valence-electron chi connectivity index (χ1n) is 6.24. The fourth-order valence-electron chi connectivity index (χ4n) is 2.08. The maximum absolute atomic E-state index is 11.1. The Morgan fingerprint density at radius 1 is 0.905 bits per heavy atom. The molecule has 0 aliphatic rings. The molecular formula is C16H16O5. The summed E-state index contributed by atoms with van der Waals surface area (Å²) >= 11 is 0. The molecule has 0 aliphatic carbocycles. The van der Waals surface area contributed by atoms with Crippen LogP contribution >= 0.6 is 0 Å². The zero-order valence-electron chi connectivity index (χ0n) is 12.0. The molecule has 0 heterocycles. The molecular weight excluding hydrogens is 272 g/mol. The number of rotatable bonds is 5. The van der Waals surface area contributed by atoms with Crippen molar-refractivity contribution in [1.29, 1.82) is 0 Å². The molecule has 0 radical (unpaired) electrons. The lowest BCUT2D eigenvalue weighted by Crippen LogP contribution is -1.97. The zero-order chi connectivity index (χ0) is 15.4. The number of benzene rings is 2. The minimum absolute atomic E-state index is 0.223. The van der Waals surface area contributed by atoms with Crippen LogP contribution in [0.25, 0.3) is 11.1 Å². The molecule has 0 saturated carbocycles. The fraction of sp³-hybridized carbons (Fsp3) is 0.188. The van der Waals surface area contributed by atoms with Gasteiger partial charge in [-0.15, -0.1) is 0 Å². The van der Waals surface area contributed by atoms with E-state index in [1.54, 1.807) is 30.3 Å². The molecule has 0 bridgehead atoms. The van der Waals surface area contributed by atoms with Crippen molar-refractivity contribution >= 4 is 5.97 Å². The molecule has 5 nitrogen and oxygen atoms in total. The Hall–Kier alpha value is -2.69. The summed E-state index contributed by atoms with van der Waals surface area (Å²) < 4.78 is 15.9. The minimum Gasteiger partial charge on any atom is -0.493 e. The van der Waals surface area contributed by atoms with E-state index in [1.807, 2.05) is 6.07 Å². The van der Waals surface area contributed by atoms with Gasteiger partial charge in [-0.2, -0.15) is 0 Å². The Kier molecular flexibility index (Phi) is 4.33. The van der Waals surface area contributed by atoms with Gasteiger partial charge in [-0.25, -0.2) is 4.79 Å². The van der Waals surface area contributed by atoms with E-state index in [0.29, 0.717) is 17.2 Å². The molecule has 0 unspecified atom stereocenters. The summed E-state index contributed by atoms with van der Waals surface area (Å²) in [7, 11) is 4.61. The zero-order valence-corrected chi connectivity index (χ0v) is 12.0. The highest BCUT2D eigenvalue weighted by molar-refractivity contribution is 5.89. The van der Waals surface area contributed by atoms with Crippen LogP contribution in [-0.2, 0) is 0 Å². The predicted octanol–water partition coefficient (Wildman–Crippen LogP) is 3.08. The van der Waals surface area contributed by atoms with E-state index in [9.17, 15) is 4.79 Å². The van der Waals surface area contributed by atoms with Crippen LogP contribution in [0, 0.1) is 0 Å². The van der Waals surface area contributed by atoms with Crippen LogP contribution in [0.3, 0.4) is 0 Å². The molecule has 0 amide bonds. The van der Waals surface area contributed by atoms with Gasteiger partial charge >= 0.3 is 5.97 Å². The van der Waals surface area contributed by atoms with E-state index in [1.165, 1.54) is 21.3 Å². The van der Waals surface area contributed by atoms with Crippen molar-refractivity contribution in [2.24, 2.45) is 0 Å². The second-order valence-corrected chi connectivity index (χ2v) is 4.30. The Bertz CT molecular complexity index is 638. The van der Waals surface area contributed by atoms with Gasteiger partial charge in [-0.3, -0.25) is 0 Å². The predicted molar refractivity (Wildman–Crippen MR) is 78.5 cm³/mol. The lowest BCUT2D eigenvalue weighted by atomic mass is 10.0. The monoisotopic (exact) mass is 288 g/mol. The van der Waals surface area contributed by atoms with Gasteiger partial charge in [0.05, 0.1) is 26.9 Å². The molecule has 0 aliphatic heterocycles. The van der Waals surface area contributed by atoms with E-state index in [4.69, 9.17) is 19.3 Å². The quantitative estimate of drug-likeness (QED) is 0.916. The first kappa shape index (κ1) is 14.7. The normalized spacial score (nSPS) is 10.0. The van der Waals surface area contributed by atoms with Crippen LogP contribution < -0.4 is 14.2 Å². The van der Waals surface area contributed by atoms with Crippen molar-refractivity contribution in [1.82, 2.24) is 0 Å². The third-order valence-corrected chi connectivity index (χ3v) is 3.11. The van der Waals surface area contributed by atoms with E-state index in [0.717, 1.165) is 11.1 Å². The molecule has 0 spiro atoms. The van der Waals surface area contributed by atoms with E-state index in [2.05, 4.69) is 0 Å². The number of ether oxygens (including phenoxy) is 3.